The fourth-order valence-corrected chi connectivity index (χ4v) is 5.41. The Hall–Kier alpha value is -2.25. The van der Waals surface area contributed by atoms with Gasteiger partial charge in [-0.05, 0) is 56.7 Å². The molecule has 0 saturated carbocycles. The normalized spacial score (nSPS) is 21.1. The van der Waals surface area contributed by atoms with Crippen molar-refractivity contribution in [2.45, 2.75) is 38.5 Å². The second-order valence-electron chi connectivity index (χ2n) is 8.66. The lowest BCUT2D eigenvalue weighted by molar-refractivity contribution is -0.137. The molecular formula is C24H32N4O2S. The van der Waals surface area contributed by atoms with Crippen LogP contribution in [0.2, 0.25) is 0 Å². The molecule has 7 heteroatoms. The fraction of sp³-hybridized carbons (Fsp3) is 0.542. The summed E-state index contributed by atoms with van der Waals surface area (Å²) in [5.41, 5.74) is 1.29. The molecule has 2 fully saturated rings. The molecule has 0 aliphatic carbocycles. The number of likely N-dealkylation sites (tertiary alicyclic amines) is 2. The van der Waals surface area contributed by atoms with Crippen LogP contribution in [-0.2, 0) is 16.0 Å². The summed E-state index contributed by atoms with van der Waals surface area (Å²) in [4.78, 5) is 34.0. The second kappa shape index (κ2) is 10.9. The van der Waals surface area contributed by atoms with Gasteiger partial charge in [0.2, 0.25) is 11.8 Å². The highest BCUT2D eigenvalue weighted by Crippen LogP contribution is 2.32. The molecule has 1 aromatic heterocycles. The monoisotopic (exact) mass is 440 g/mol. The number of hydrogen-bond acceptors (Lipinski definition) is 5. The Labute approximate surface area is 188 Å². The van der Waals surface area contributed by atoms with Crippen LogP contribution in [0.5, 0.6) is 0 Å². The van der Waals surface area contributed by atoms with Crippen molar-refractivity contribution in [3.63, 3.8) is 0 Å². The molecule has 0 unspecified atom stereocenters. The lowest BCUT2D eigenvalue weighted by atomic mass is 9.81. The van der Waals surface area contributed by atoms with E-state index >= 15 is 0 Å². The summed E-state index contributed by atoms with van der Waals surface area (Å²) in [5.74, 6) is 0.923. The molecule has 2 aromatic rings. The average molecular weight is 441 g/mol. The van der Waals surface area contributed by atoms with Crippen LogP contribution < -0.4 is 5.32 Å². The topological polar surface area (TPSA) is 65.5 Å². The van der Waals surface area contributed by atoms with Crippen LogP contribution >= 0.6 is 11.3 Å². The van der Waals surface area contributed by atoms with E-state index in [1.165, 1.54) is 16.9 Å². The van der Waals surface area contributed by atoms with Crippen LogP contribution in [0.15, 0.2) is 41.9 Å². The largest absolute Gasteiger partial charge is 0.342 e. The number of nitrogens with zero attached hydrogens (tertiary/aromatic N) is 3. The molecule has 166 valence electrons. The van der Waals surface area contributed by atoms with Gasteiger partial charge in [0, 0.05) is 30.6 Å². The summed E-state index contributed by atoms with van der Waals surface area (Å²) in [6, 6.07) is 10.4. The van der Waals surface area contributed by atoms with Crippen molar-refractivity contribution in [1.82, 2.24) is 14.8 Å². The molecule has 6 nitrogen and oxygen atoms in total. The molecule has 31 heavy (non-hydrogen) atoms. The maximum atomic E-state index is 13.3. The fourth-order valence-electron chi connectivity index (χ4n) is 4.86. The standard InChI is InChI=1S/C24H32N4O2S/c29-22(26-24-25-12-17-31-24)18-27-14-10-20(11-15-27)21-8-4-5-13-28(23(21)30)16-9-19-6-2-1-3-7-19/h1-3,6-7,12,17,20-21H,4-5,8-11,13-16,18H2,(H,25,26,29)/t21-/m0/s1. The number of rotatable bonds is 7. The highest BCUT2D eigenvalue weighted by Gasteiger charge is 2.35. The third-order valence-corrected chi connectivity index (χ3v) is 7.27. The van der Waals surface area contributed by atoms with Crippen molar-refractivity contribution in [3.05, 3.63) is 47.5 Å². The predicted octanol–water partition coefficient (Wildman–Crippen LogP) is 3.67. The highest BCUT2D eigenvalue weighted by atomic mass is 32.1. The zero-order valence-corrected chi connectivity index (χ0v) is 18.9. The third-order valence-electron chi connectivity index (χ3n) is 6.58. The van der Waals surface area contributed by atoms with Crippen molar-refractivity contribution < 1.29 is 9.59 Å². The first kappa shape index (κ1) is 22.0. The van der Waals surface area contributed by atoms with Gasteiger partial charge in [-0.3, -0.25) is 14.5 Å². The Kier molecular flexibility index (Phi) is 7.70. The number of carbonyl (C=O) groups excluding carboxylic acids is 2. The van der Waals surface area contributed by atoms with Gasteiger partial charge in [0.1, 0.15) is 0 Å². The molecule has 2 aliphatic rings. The third kappa shape index (κ3) is 6.14. The van der Waals surface area contributed by atoms with Crippen LogP contribution in [0.3, 0.4) is 0 Å². The summed E-state index contributed by atoms with van der Waals surface area (Å²) >= 11 is 1.43. The second-order valence-corrected chi connectivity index (χ2v) is 9.56. The number of anilines is 1. The van der Waals surface area contributed by atoms with Gasteiger partial charge in [-0.2, -0.15) is 0 Å². The Morgan fingerprint density at radius 3 is 2.65 bits per heavy atom. The number of thiazole rings is 1. The number of nitrogens with one attached hydrogen (secondary N) is 1. The first-order valence-electron chi connectivity index (χ1n) is 11.4. The summed E-state index contributed by atoms with van der Waals surface area (Å²) in [7, 11) is 0. The smallest absolute Gasteiger partial charge is 0.240 e. The Bertz CT molecular complexity index is 835. The number of amides is 2. The van der Waals surface area contributed by atoms with Gasteiger partial charge in [0.15, 0.2) is 5.13 Å². The Balaban J connectivity index is 1.26. The van der Waals surface area contributed by atoms with E-state index in [4.69, 9.17) is 0 Å². The molecule has 1 atom stereocenters. The van der Waals surface area contributed by atoms with Crippen molar-refractivity contribution >= 4 is 28.3 Å². The summed E-state index contributed by atoms with van der Waals surface area (Å²) in [6.45, 7) is 3.86. The minimum atomic E-state index is -0.00831. The summed E-state index contributed by atoms with van der Waals surface area (Å²) in [6.07, 6.45) is 7.85. The van der Waals surface area contributed by atoms with Crippen LogP contribution in [0.4, 0.5) is 5.13 Å². The minimum Gasteiger partial charge on any atom is -0.342 e. The molecular weight excluding hydrogens is 408 g/mol. The zero-order chi connectivity index (χ0) is 21.5. The average Bonchev–Trinajstić information content (AvgIpc) is 3.22. The van der Waals surface area contributed by atoms with Crippen LogP contribution in [-0.4, -0.2) is 59.3 Å². The molecule has 1 aromatic carbocycles. The first-order chi connectivity index (χ1) is 15.2. The van der Waals surface area contributed by atoms with E-state index in [0.717, 1.165) is 64.7 Å². The first-order valence-corrected chi connectivity index (χ1v) is 12.3. The summed E-state index contributed by atoms with van der Waals surface area (Å²) < 4.78 is 0. The summed E-state index contributed by atoms with van der Waals surface area (Å²) in [5, 5.41) is 5.37. The van der Waals surface area contributed by atoms with E-state index < -0.39 is 0 Å². The lowest BCUT2D eigenvalue weighted by Crippen LogP contribution is -2.44. The quantitative estimate of drug-likeness (QED) is 0.714. The van der Waals surface area contributed by atoms with Gasteiger partial charge >= 0.3 is 0 Å². The predicted molar refractivity (Wildman–Crippen MR) is 124 cm³/mol. The van der Waals surface area contributed by atoms with Gasteiger partial charge in [-0.15, -0.1) is 11.3 Å². The Morgan fingerprint density at radius 2 is 1.90 bits per heavy atom. The van der Waals surface area contributed by atoms with Crippen molar-refractivity contribution in [3.8, 4) is 0 Å². The number of piperidine rings is 1. The highest BCUT2D eigenvalue weighted by molar-refractivity contribution is 7.13. The van der Waals surface area contributed by atoms with Gasteiger partial charge in [0.05, 0.1) is 6.54 Å². The van der Waals surface area contributed by atoms with Crippen LogP contribution in [0.25, 0.3) is 0 Å². The van der Waals surface area contributed by atoms with Crippen LogP contribution in [0, 0.1) is 11.8 Å². The van der Waals surface area contributed by atoms with E-state index in [2.05, 4.69) is 44.4 Å². The maximum absolute atomic E-state index is 13.3. The van der Waals surface area contributed by atoms with Crippen LogP contribution in [0.1, 0.15) is 37.7 Å². The number of carbonyl (C=O) groups is 2. The van der Waals surface area contributed by atoms with Gasteiger partial charge in [0.25, 0.3) is 0 Å². The zero-order valence-electron chi connectivity index (χ0n) is 18.0. The number of aromatic nitrogens is 1. The van der Waals surface area contributed by atoms with E-state index in [1.807, 2.05) is 11.4 Å². The molecule has 0 bridgehead atoms. The molecule has 3 heterocycles. The van der Waals surface area contributed by atoms with Gasteiger partial charge < -0.3 is 10.2 Å². The molecule has 2 saturated heterocycles. The SMILES string of the molecule is O=C(CN1CCC([C@@H]2CCCCN(CCc3ccccc3)C2=O)CC1)Nc1nccs1. The van der Waals surface area contributed by atoms with E-state index in [1.54, 1.807) is 6.20 Å². The number of benzene rings is 1. The van der Waals surface area contributed by atoms with Crippen molar-refractivity contribution in [2.75, 3.05) is 38.0 Å². The van der Waals surface area contributed by atoms with E-state index in [0.29, 0.717) is 23.5 Å². The van der Waals surface area contributed by atoms with Crippen molar-refractivity contribution in [2.24, 2.45) is 11.8 Å². The van der Waals surface area contributed by atoms with Gasteiger partial charge in [-0.25, -0.2) is 4.98 Å². The van der Waals surface area contributed by atoms with E-state index in [9.17, 15) is 9.59 Å². The lowest BCUT2D eigenvalue weighted by Gasteiger charge is -2.36. The van der Waals surface area contributed by atoms with Gasteiger partial charge in [-0.1, -0.05) is 36.8 Å². The minimum absolute atomic E-state index is 0.00831. The Morgan fingerprint density at radius 1 is 1.10 bits per heavy atom. The number of hydrogen-bond donors (Lipinski definition) is 1. The molecule has 0 radical (unpaired) electrons. The molecule has 0 spiro atoms. The van der Waals surface area contributed by atoms with E-state index in [-0.39, 0.29) is 11.8 Å². The molecule has 4 rings (SSSR count). The molecule has 2 amide bonds. The molecule has 1 N–H and O–H groups in total. The maximum Gasteiger partial charge on any atom is 0.240 e. The molecule has 2 aliphatic heterocycles. The van der Waals surface area contributed by atoms with Crippen molar-refractivity contribution in [1.29, 1.82) is 0 Å².